The number of nitrogens with zero attached hydrogens (tertiary/aromatic N) is 1. The summed E-state index contributed by atoms with van der Waals surface area (Å²) in [5, 5.41) is 11.8. The Morgan fingerprint density at radius 2 is 1.86 bits per heavy atom. The molecule has 0 radical (unpaired) electrons. The first kappa shape index (κ1) is 21.4. The second-order valence-corrected chi connectivity index (χ2v) is 6.12. The van der Waals surface area contributed by atoms with E-state index in [2.05, 4.69) is 5.32 Å². The minimum absolute atomic E-state index is 0.137. The Morgan fingerprint density at radius 1 is 1.14 bits per heavy atom. The average molecular weight is 392 g/mol. The number of amides is 1. The number of hydrogen-bond donors (Lipinski definition) is 1. The van der Waals surface area contributed by atoms with Crippen molar-refractivity contribution in [2.24, 2.45) is 0 Å². The van der Waals surface area contributed by atoms with Gasteiger partial charge in [-0.25, -0.2) is 4.79 Å². The highest BCUT2D eigenvalue weighted by atomic mass is 16.5. The Kier molecular flexibility index (Phi) is 7.26. The van der Waals surface area contributed by atoms with E-state index < -0.39 is 18.0 Å². The van der Waals surface area contributed by atoms with Crippen LogP contribution in [-0.4, -0.2) is 30.9 Å². The predicted octanol–water partition coefficient (Wildman–Crippen LogP) is 3.38. The van der Waals surface area contributed by atoms with Crippen molar-refractivity contribution in [1.29, 1.82) is 5.26 Å². The minimum Gasteiger partial charge on any atom is -0.497 e. The van der Waals surface area contributed by atoms with Gasteiger partial charge >= 0.3 is 5.97 Å². The molecule has 1 N–H and O–H groups in total. The fourth-order valence-corrected chi connectivity index (χ4v) is 2.37. The summed E-state index contributed by atoms with van der Waals surface area (Å²) >= 11 is 0. The summed E-state index contributed by atoms with van der Waals surface area (Å²) in [6, 6.07) is 15.0. The van der Waals surface area contributed by atoms with Crippen molar-refractivity contribution in [3.05, 3.63) is 65.2 Å². The van der Waals surface area contributed by atoms with Crippen molar-refractivity contribution in [1.82, 2.24) is 0 Å². The molecule has 0 aliphatic heterocycles. The summed E-state index contributed by atoms with van der Waals surface area (Å²) in [5.41, 5.74) is 1.17. The van der Waals surface area contributed by atoms with Crippen molar-refractivity contribution < 1.29 is 23.9 Å². The van der Waals surface area contributed by atoms with Crippen LogP contribution in [-0.2, 0) is 14.3 Å². The van der Waals surface area contributed by atoms with Crippen LogP contribution >= 0.6 is 0 Å². The minimum atomic E-state index is -1.15. The summed E-state index contributed by atoms with van der Waals surface area (Å²) in [7, 11) is 1.51. The van der Waals surface area contributed by atoms with Gasteiger partial charge in [-0.15, -0.1) is 0 Å². The summed E-state index contributed by atoms with van der Waals surface area (Å²) < 4.78 is 10.2. The number of methoxy groups -OCH3 is 1. The highest BCUT2D eigenvalue weighted by molar-refractivity contribution is 6.01. The fourth-order valence-electron chi connectivity index (χ4n) is 2.37. The number of nitriles is 1. The van der Waals surface area contributed by atoms with Crippen molar-refractivity contribution in [2.75, 3.05) is 12.4 Å². The second kappa shape index (κ2) is 9.85. The lowest BCUT2D eigenvalue weighted by molar-refractivity contribution is -0.148. The first-order valence-electron chi connectivity index (χ1n) is 8.72. The maximum Gasteiger partial charge on any atom is 0.349 e. The van der Waals surface area contributed by atoms with Crippen LogP contribution < -0.4 is 10.1 Å². The third-order valence-corrected chi connectivity index (χ3v) is 3.93. The molecule has 148 valence electrons. The normalized spacial score (nSPS) is 11.7. The number of ether oxygens (including phenoxy) is 2. The van der Waals surface area contributed by atoms with Gasteiger partial charge in [0.15, 0.2) is 11.9 Å². The standard InChI is InChI=1S/C22H20N2O5/c1-14(25)17-7-5-8-19(12-17)24-21(26)15(2)29-22(27)18(13-23)10-16-6-4-9-20(11-16)28-3/h4-12,15H,1-3H3,(H,24,26)/b18-10+/t15-/m0/s1. The summed E-state index contributed by atoms with van der Waals surface area (Å²) in [4.78, 5) is 36.0. The van der Waals surface area contributed by atoms with Gasteiger partial charge in [0.05, 0.1) is 7.11 Å². The van der Waals surface area contributed by atoms with Gasteiger partial charge in [0.1, 0.15) is 17.4 Å². The molecule has 0 heterocycles. The van der Waals surface area contributed by atoms with Crippen LogP contribution in [0.15, 0.2) is 54.1 Å². The monoisotopic (exact) mass is 392 g/mol. The van der Waals surface area contributed by atoms with E-state index in [0.29, 0.717) is 22.6 Å². The van der Waals surface area contributed by atoms with E-state index in [1.807, 2.05) is 0 Å². The van der Waals surface area contributed by atoms with Crippen LogP contribution in [0.4, 0.5) is 5.69 Å². The van der Waals surface area contributed by atoms with Gasteiger partial charge in [-0.1, -0.05) is 24.3 Å². The SMILES string of the molecule is COc1cccc(/C=C(\C#N)C(=O)O[C@@H](C)C(=O)Nc2cccc(C(C)=O)c2)c1. The Hall–Kier alpha value is -3.92. The highest BCUT2D eigenvalue weighted by Gasteiger charge is 2.21. The summed E-state index contributed by atoms with van der Waals surface area (Å²) in [5.74, 6) is -1.07. The Labute approximate surface area is 168 Å². The van der Waals surface area contributed by atoms with E-state index in [0.717, 1.165) is 0 Å². The molecule has 0 aromatic heterocycles. The van der Waals surface area contributed by atoms with E-state index in [1.54, 1.807) is 48.5 Å². The predicted molar refractivity (Wildman–Crippen MR) is 107 cm³/mol. The number of esters is 1. The Bertz CT molecular complexity index is 1000. The molecule has 0 saturated heterocycles. The second-order valence-electron chi connectivity index (χ2n) is 6.12. The number of Topliss-reactive ketones (excluding diaryl/α,β-unsaturated/α-hetero) is 1. The number of nitrogens with one attached hydrogen (secondary N) is 1. The molecule has 0 unspecified atom stereocenters. The number of rotatable bonds is 7. The largest absolute Gasteiger partial charge is 0.497 e. The number of carbonyl (C=O) groups is 3. The fraction of sp³-hybridized carbons (Fsp3) is 0.182. The average Bonchev–Trinajstić information content (AvgIpc) is 2.72. The van der Waals surface area contributed by atoms with E-state index in [-0.39, 0.29) is 11.4 Å². The zero-order chi connectivity index (χ0) is 21.4. The number of anilines is 1. The van der Waals surface area contributed by atoms with Gasteiger partial charge in [0, 0.05) is 11.3 Å². The molecule has 7 nitrogen and oxygen atoms in total. The lowest BCUT2D eigenvalue weighted by atomic mass is 10.1. The van der Waals surface area contributed by atoms with Crippen LogP contribution in [0, 0.1) is 11.3 Å². The van der Waals surface area contributed by atoms with Crippen molar-refractivity contribution >= 4 is 29.4 Å². The van der Waals surface area contributed by atoms with Gasteiger partial charge in [-0.2, -0.15) is 5.26 Å². The molecule has 0 aliphatic carbocycles. The third kappa shape index (κ3) is 6.04. The molecule has 1 amide bonds. The van der Waals surface area contributed by atoms with E-state index in [1.165, 1.54) is 33.1 Å². The molecule has 2 aromatic rings. The molecule has 2 aromatic carbocycles. The molecule has 0 spiro atoms. The van der Waals surface area contributed by atoms with Crippen LogP contribution in [0.1, 0.15) is 29.8 Å². The molecule has 0 saturated carbocycles. The molecule has 7 heteroatoms. The van der Waals surface area contributed by atoms with Crippen molar-refractivity contribution in [2.45, 2.75) is 20.0 Å². The lowest BCUT2D eigenvalue weighted by Gasteiger charge is -2.13. The van der Waals surface area contributed by atoms with E-state index in [4.69, 9.17) is 9.47 Å². The van der Waals surface area contributed by atoms with E-state index >= 15 is 0 Å². The van der Waals surface area contributed by atoms with Crippen LogP contribution in [0.25, 0.3) is 6.08 Å². The molecular formula is C22H20N2O5. The molecular weight excluding hydrogens is 372 g/mol. The van der Waals surface area contributed by atoms with Gasteiger partial charge < -0.3 is 14.8 Å². The van der Waals surface area contributed by atoms with Gasteiger partial charge in [0.25, 0.3) is 5.91 Å². The maximum absolute atomic E-state index is 12.3. The molecule has 1 atom stereocenters. The Morgan fingerprint density at radius 3 is 2.52 bits per heavy atom. The third-order valence-electron chi connectivity index (χ3n) is 3.93. The highest BCUT2D eigenvalue weighted by Crippen LogP contribution is 2.16. The lowest BCUT2D eigenvalue weighted by Crippen LogP contribution is -2.30. The van der Waals surface area contributed by atoms with Gasteiger partial charge in [0.2, 0.25) is 0 Å². The number of hydrogen-bond acceptors (Lipinski definition) is 6. The molecule has 0 bridgehead atoms. The van der Waals surface area contributed by atoms with Gasteiger partial charge in [-0.3, -0.25) is 9.59 Å². The molecule has 0 aliphatic rings. The molecule has 0 fully saturated rings. The van der Waals surface area contributed by atoms with Gasteiger partial charge in [-0.05, 0) is 49.8 Å². The summed E-state index contributed by atoms with van der Waals surface area (Å²) in [6.45, 7) is 2.81. The number of benzene rings is 2. The van der Waals surface area contributed by atoms with E-state index in [9.17, 15) is 19.6 Å². The Balaban J connectivity index is 2.06. The van der Waals surface area contributed by atoms with Crippen LogP contribution in [0.5, 0.6) is 5.75 Å². The van der Waals surface area contributed by atoms with Crippen molar-refractivity contribution in [3.8, 4) is 11.8 Å². The first-order valence-corrected chi connectivity index (χ1v) is 8.72. The first-order chi connectivity index (χ1) is 13.8. The van der Waals surface area contributed by atoms with Crippen LogP contribution in [0.2, 0.25) is 0 Å². The summed E-state index contributed by atoms with van der Waals surface area (Å²) in [6.07, 6.45) is 0.205. The topological polar surface area (TPSA) is 105 Å². The number of ketones is 1. The number of carbonyl (C=O) groups excluding carboxylic acids is 3. The molecule has 2 rings (SSSR count). The van der Waals surface area contributed by atoms with Crippen molar-refractivity contribution in [3.63, 3.8) is 0 Å². The molecule has 29 heavy (non-hydrogen) atoms. The zero-order valence-electron chi connectivity index (χ0n) is 16.3. The zero-order valence-corrected chi connectivity index (χ0v) is 16.3. The smallest absolute Gasteiger partial charge is 0.349 e. The van der Waals surface area contributed by atoms with Crippen LogP contribution in [0.3, 0.4) is 0 Å². The quantitative estimate of drug-likeness (QED) is 0.335. The maximum atomic E-state index is 12.3.